The standard InChI is InChI=1S/C21H36N6O8/c1-11(2)3-4-13(19(33)25-10-18(31)32)27-21(35)14(5-6-16(22)29)26-17(30)9-24-20(34)15-7-12(28)8-23-15/h11-15,23,28H,3-10H2,1-2H3,(H2,22,29)(H,24,34)(H,25,33)(H,26,30)(H,27,35)(H,31,32)/t12-,13+,14+,15+/m0/s1. The van der Waals surface area contributed by atoms with Crippen LogP contribution in [0.4, 0.5) is 0 Å². The molecule has 14 heteroatoms. The Labute approximate surface area is 203 Å². The van der Waals surface area contributed by atoms with Crippen LogP contribution in [0.3, 0.4) is 0 Å². The monoisotopic (exact) mass is 500 g/mol. The number of primary amides is 1. The summed E-state index contributed by atoms with van der Waals surface area (Å²) in [7, 11) is 0. The van der Waals surface area contributed by atoms with Crippen molar-refractivity contribution in [3.63, 3.8) is 0 Å². The fraction of sp³-hybridized carbons (Fsp3) is 0.714. The molecule has 0 aromatic heterocycles. The fourth-order valence-corrected chi connectivity index (χ4v) is 3.34. The molecule has 1 saturated heterocycles. The molecule has 0 bridgehead atoms. The lowest BCUT2D eigenvalue weighted by Crippen LogP contribution is -2.55. The lowest BCUT2D eigenvalue weighted by atomic mass is 10.0. The SMILES string of the molecule is CC(C)CC[C@@H](NC(=O)[C@@H](CCC(N)=O)NC(=O)CNC(=O)[C@H]1C[C@H](O)CN1)C(=O)NCC(=O)O. The van der Waals surface area contributed by atoms with Crippen LogP contribution in [0.5, 0.6) is 0 Å². The fourth-order valence-electron chi connectivity index (χ4n) is 3.34. The molecule has 14 nitrogen and oxygen atoms in total. The maximum absolute atomic E-state index is 12.9. The third kappa shape index (κ3) is 12.1. The molecular formula is C21H36N6O8. The Bertz CT molecular complexity index is 790. The zero-order valence-electron chi connectivity index (χ0n) is 20.0. The van der Waals surface area contributed by atoms with Crippen molar-refractivity contribution in [1.29, 1.82) is 0 Å². The quantitative estimate of drug-likeness (QED) is 0.112. The van der Waals surface area contributed by atoms with Crippen molar-refractivity contribution >= 4 is 35.5 Å². The van der Waals surface area contributed by atoms with Gasteiger partial charge in [-0.15, -0.1) is 0 Å². The van der Waals surface area contributed by atoms with Crippen molar-refractivity contribution in [3.8, 4) is 0 Å². The van der Waals surface area contributed by atoms with Gasteiger partial charge in [-0.1, -0.05) is 13.8 Å². The number of hydrogen-bond acceptors (Lipinski definition) is 8. The average molecular weight is 501 g/mol. The summed E-state index contributed by atoms with van der Waals surface area (Å²) < 4.78 is 0. The molecule has 0 aliphatic carbocycles. The number of nitrogens with one attached hydrogen (secondary N) is 5. The van der Waals surface area contributed by atoms with E-state index in [1.54, 1.807) is 0 Å². The van der Waals surface area contributed by atoms with E-state index in [-0.39, 0.29) is 38.1 Å². The van der Waals surface area contributed by atoms with Crippen LogP contribution in [0.15, 0.2) is 0 Å². The number of carboxylic acids is 1. The number of carboxylic acid groups (broad SMARTS) is 1. The van der Waals surface area contributed by atoms with Gasteiger partial charge in [0, 0.05) is 13.0 Å². The molecule has 1 aliphatic heterocycles. The van der Waals surface area contributed by atoms with Crippen LogP contribution >= 0.6 is 0 Å². The number of rotatable bonds is 15. The van der Waals surface area contributed by atoms with E-state index < -0.39 is 72.8 Å². The molecule has 1 rings (SSSR count). The first kappa shape index (κ1) is 29.8. The van der Waals surface area contributed by atoms with Gasteiger partial charge < -0.3 is 42.5 Å². The molecule has 4 atom stereocenters. The van der Waals surface area contributed by atoms with E-state index in [1.165, 1.54) is 0 Å². The van der Waals surface area contributed by atoms with Crippen LogP contribution in [0, 0.1) is 5.92 Å². The summed E-state index contributed by atoms with van der Waals surface area (Å²) >= 11 is 0. The van der Waals surface area contributed by atoms with Gasteiger partial charge in [0.2, 0.25) is 29.5 Å². The molecule has 198 valence electrons. The number of aliphatic hydroxyl groups excluding tert-OH is 1. The van der Waals surface area contributed by atoms with Gasteiger partial charge in [-0.3, -0.25) is 28.8 Å². The number of β-amino-alcohol motifs (C(OH)–C–C–N with tert-alkyl or cyclic N) is 1. The van der Waals surface area contributed by atoms with Crippen molar-refractivity contribution in [2.75, 3.05) is 19.6 Å². The zero-order chi connectivity index (χ0) is 26.5. The van der Waals surface area contributed by atoms with Crippen LogP contribution in [0.1, 0.15) is 46.0 Å². The van der Waals surface area contributed by atoms with Crippen molar-refractivity contribution in [2.45, 2.75) is 70.2 Å². The van der Waals surface area contributed by atoms with Gasteiger partial charge >= 0.3 is 5.97 Å². The van der Waals surface area contributed by atoms with Crippen LogP contribution in [0.25, 0.3) is 0 Å². The predicted octanol–water partition coefficient (Wildman–Crippen LogP) is -3.30. The van der Waals surface area contributed by atoms with E-state index in [4.69, 9.17) is 10.8 Å². The number of nitrogens with two attached hydrogens (primary N) is 1. The average Bonchev–Trinajstić information content (AvgIpc) is 3.21. The highest BCUT2D eigenvalue weighted by Gasteiger charge is 2.30. The van der Waals surface area contributed by atoms with Crippen LogP contribution in [-0.2, 0) is 28.8 Å². The normalized spacial score (nSPS) is 18.9. The maximum Gasteiger partial charge on any atom is 0.322 e. The maximum atomic E-state index is 12.9. The predicted molar refractivity (Wildman–Crippen MR) is 122 cm³/mol. The smallest absolute Gasteiger partial charge is 0.322 e. The molecule has 1 heterocycles. The number of carbonyl (C=O) groups is 6. The molecule has 0 saturated carbocycles. The molecule has 1 fully saturated rings. The molecule has 0 spiro atoms. The van der Waals surface area contributed by atoms with E-state index >= 15 is 0 Å². The Hall–Kier alpha value is -3.26. The number of aliphatic hydroxyl groups is 1. The van der Waals surface area contributed by atoms with Gasteiger partial charge in [-0.05, 0) is 31.6 Å². The molecule has 35 heavy (non-hydrogen) atoms. The lowest BCUT2D eigenvalue weighted by molar-refractivity contribution is -0.138. The van der Waals surface area contributed by atoms with E-state index in [2.05, 4.69) is 26.6 Å². The Morgan fingerprint density at radius 1 is 0.943 bits per heavy atom. The van der Waals surface area contributed by atoms with E-state index in [0.717, 1.165) is 0 Å². The molecule has 9 N–H and O–H groups in total. The van der Waals surface area contributed by atoms with E-state index in [0.29, 0.717) is 6.42 Å². The summed E-state index contributed by atoms with van der Waals surface area (Å²) in [4.78, 5) is 71.7. The minimum Gasteiger partial charge on any atom is -0.480 e. The summed E-state index contributed by atoms with van der Waals surface area (Å²) in [6.45, 7) is 3.02. The summed E-state index contributed by atoms with van der Waals surface area (Å²) in [5, 5.41) is 30.6. The largest absolute Gasteiger partial charge is 0.480 e. The Kier molecular flexibility index (Phi) is 12.7. The third-order valence-electron chi connectivity index (χ3n) is 5.26. The Morgan fingerprint density at radius 2 is 1.60 bits per heavy atom. The topological polar surface area (TPSA) is 229 Å². The van der Waals surface area contributed by atoms with Crippen molar-refractivity contribution < 1.29 is 39.0 Å². The highest BCUT2D eigenvalue weighted by Crippen LogP contribution is 2.09. The zero-order valence-corrected chi connectivity index (χ0v) is 20.0. The molecule has 0 aromatic rings. The highest BCUT2D eigenvalue weighted by molar-refractivity contribution is 5.94. The van der Waals surface area contributed by atoms with Crippen LogP contribution in [-0.4, -0.2) is 89.6 Å². The molecular weight excluding hydrogens is 464 g/mol. The van der Waals surface area contributed by atoms with Crippen molar-refractivity contribution in [2.24, 2.45) is 11.7 Å². The first-order valence-corrected chi connectivity index (χ1v) is 11.5. The van der Waals surface area contributed by atoms with Gasteiger partial charge in [-0.2, -0.15) is 0 Å². The molecule has 1 aliphatic rings. The Balaban J connectivity index is 2.77. The first-order valence-electron chi connectivity index (χ1n) is 11.5. The van der Waals surface area contributed by atoms with Gasteiger partial charge in [0.15, 0.2) is 0 Å². The number of amides is 5. The molecule has 0 radical (unpaired) electrons. The summed E-state index contributed by atoms with van der Waals surface area (Å²) in [6, 6.07) is -2.93. The number of aliphatic carboxylic acids is 1. The van der Waals surface area contributed by atoms with Crippen molar-refractivity contribution in [3.05, 3.63) is 0 Å². The summed E-state index contributed by atoms with van der Waals surface area (Å²) in [5.41, 5.74) is 5.16. The number of hydrogen-bond donors (Lipinski definition) is 8. The highest BCUT2D eigenvalue weighted by atomic mass is 16.4. The van der Waals surface area contributed by atoms with Gasteiger partial charge in [0.1, 0.15) is 18.6 Å². The van der Waals surface area contributed by atoms with Gasteiger partial charge in [0.05, 0.1) is 18.7 Å². The second-order valence-corrected chi connectivity index (χ2v) is 8.84. The minimum absolute atomic E-state index is 0.148. The minimum atomic E-state index is -1.25. The van der Waals surface area contributed by atoms with E-state index in [9.17, 15) is 33.9 Å². The summed E-state index contributed by atoms with van der Waals surface area (Å²) in [6.07, 6.45) is -0.0422. The third-order valence-corrected chi connectivity index (χ3v) is 5.26. The Morgan fingerprint density at radius 3 is 2.14 bits per heavy atom. The van der Waals surface area contributed by atoms with Crippen molar-refractivity contribution in [1.82, 2.24) is 26.6 Å². The van der Waals surface area contributed by atoms with Crippen LogP contribution < -0.4 is 32.3 Å². The molecule has 0 unspecified atom stereocenters. The van der Waals surface area contributed by atoms with E-state index in [1.807, 2.05) is 13.8 Å². The molecule has 5 amide bonds. The second-order valence-electron chi connectivity index (χ2n) is 8.84. The second kappa shape index (κ2) is 14.9. The van der Waals surface area contributed by atoms with Gasteiger partial charge in [0.25, 0.3) is 0 Å². The summed E-state index contributed by atoms with van der Waals surface area (Å²) in [5.74, 6) is -4.40. The lowest BCUT2D eigenvalue weighted by Gasteiger charge is -2.23. The first-order chi connectivity index (χ1) is 16.4. The van der Waals surface area contributed by atoms with Gasteiger partial charge in [-0.25, -0.2) is 0 Å². The number of carbonyl (C=O) groups excluding carboxylic acids is 5. The van der Waals surface area contributed by atoms with Crippen LogP contribution in [0.2, 0.25) is 0 Å². The molecule has 0 aromatic carbocycles.